The van der Waals surface area contributed by atoms with Crippen molar-refractivity contribution in [1.29, 1.82) is 0 Å². The lowest BCUT2D eigenvalue weighted by Gasteiger charge is -2.06. The van der Waals surface area contributed by atoms with Crippen LogP contribution < -0.4 is 4.83 Å². The molecule has 0 unspecified atom stereocenters. The molecule has 1 aromatic heterocycles. The van der Waals surface area contributed by atoms with E-state index in [0.29, 0.717) is 0 Å². The molecule has 78 valence electrons. The van der Waals surface area contributed by atoms with Gasteiger partial charge in [-0.15, -0.1) is 0 Å². The van der Waals surface area contributed by atoms with Gasteiger partial charge in [-0.1, -0.05) is 18.2 Å². The first-order chi connectivity index (χ1) is 7.18. The standard InChI is InChI=1S/C9H9N3O2S/c13-15(14,9-5-2-1-3-6-9)11-12-8-4-7-10-12/h1-8,11H. The average Bonchev–Trinajstić information content (AvgIpc) is 2.71. The highest BCUT2D eigenvalue weighted by Crippen LogP contribution is 2.07. The number of nitrogens with zero attached hydrogens (tertiary/aromatic N) is 2. The molecule has 2 rings (SSSR count). The van der Waals surface area contributed by atoms with E-state index in [0.717, 1.165) is 4.79 Å². The fraction of sp³-hybridized carbons (Fsp3) is 0. The molecule has 15 heavy (non-hydrogen) atoms. The molecule has 6 heteroatoms. The van der Waals surface area contributed by atoms with Crippen molar-refractivity contribution in [3.8, 4) is 0 Å². The normalized spacial score (nSPS) is 11.2. The summed E-state index contributed by atoms with van der Waals surface area (Å²) in [6.45, 7) is 0. The summed E-state index contributed by atoms with van der Waals surface area (Å²) >= 11 is 0. The summed E-state index contributed by atoms with van der Waals surface area (Å²) in [4.78, 5) is 3.64. The van der Waals surface area contributed by atoms with Gasteiger partial charge in [0.25, 0.3) is 10.0 Å². The monoisotopic (exact) mass is 223 g/mol. The maximum absolute atomic E-state index is 11.7. The zero-order valence-corrected chi connectivity index (χ0v) is 8.55. The Balaban J connectivity index is 2.29. The van der Waals surface area contributed by atoms with E-state index in [4.69, 9.17) is 0 Å². The van der Waals surface area contributed by atoms with Gasteiger partial charge in [-0.25, -0.2) is 4.83 Å². The van der Waals surface area contributed by atoms with E-state index in [-0.39, 0.29) is 4.90 Å². The van der Waals surface area contributed by atoms with Crippen LogP contribution in [0.3, 0.4) is 0 Å². The van der Waals surface area contributed by atoms with Crippen molar-refractivity contribution in [2.75, 3.05) is 4.83 Å². The summed E-state index contributed by atoms with van der Waals surface area (Å²) in [5.74, 6) is 0. The van der Waals surface area contributed by atoms with Crippen molar-refractivity contribution in [2.24, 2.45) is 0 Å². The molecule has 0 radical (unpaired) electrons. The summed E-state index contributed by atoms with van der Waals surface area (Å²) in [5, 5.41) is 3.75. The third-order valence-electron chi connectivity index (χ3n) is 1.77. The molecule has 1 N–H and O–H groups in total. The summed E-state index contributed by atoms with van der Waals surface area (Å²) in [5.41, 5.74) is 0. The third-order valence-corrected chi connectivity index (χ3v) is 3.09. The second-order valence-corrected chi connectivity index (χ2v) is 4.52. The molecule has 5 nitrogen and oxygen atoms in total. The fourth-order valence-corrected chi connectivity index (χ4v) is 2.07. The summed E-state index contributed by atoms with van der Waals surface area (Å²) in [6, 6.07) is 9.76. The van der Waals surface area contributed by atoms with Crippen LogP contribution in [0.15, 0.2) is 53.7 Å². The molecule has 1 aromatic carbocycles. The van der Waals surface area contributed by atoms with Crippen molar-refractivity contribution in [3.05, 3.63) is 48.8 Å². The van der Waals surface area contributed by atoms with E-state index in [1.54, 1.807) is 24.3 Å². The molecule has 0 saturated heterocycles. The molecule has 0 atom stereocenters. The Morgan fingerprint density at radius 3 is 2.47 bits per heavy atom. The predicted octanol–water partition coefficient (Wildman–Crippen LogP) is 0.815. The highest BCUT2D eigenvalue weighted by atomic mass is 32.2. The minimum absolute atomic E-state index is 0.209. The van der Waals surface area contributed by atoms with Gasteiger partial charge in [-0.3, -0.25) is 0 Å². The van der Waals surface area contributed by atoms with Gasteiger partial charge >= 0.3 is 0 Å². The average molecular weight is 223 g/mol. The number of aromatic nitrogens is 2. The van der Waals surface area contributed by atoms with Gasteiger partial charge in [0.2, 0.25) is 0 Å². The van der Waals surface area contributed by atoms with Crippen LogP contribution in [-0.2, 0) is 10.0 Å². The molecule has 0 spiro atoms. The molecular weight excluding hydrogens is 214 g/mol. The zero-order chi connectivity index (χ0) is 10.7. The minimum Gasteiger partial charge on any atom is -0.200 e. The molecule has 0 amide bonds. The van der Waals surface area contributed by atoms with Crippen LogP contribution in [-0.4, -0.2) is 18.3 Å². The molecule has 0 fully saturated rings. The number of benzene rings is 1. The summed E-state index contributed by atoms with van der Waals surface area (Å²) < 4.78 is 23.5. The Hall–Kier alpha value is -1.82. The van der Waals surface area contributed by atoms with Crippen LogP contribution in [0.2, 0.25) is 0 Å². The second-order valence-electron chi connectivity index (χ2n) is 2.86. The Labute approximate surface area is 87.4 Å². The van der Waals surface area contributed by atoms with Crippen LogP contribution in [0, 0.1) is 0 Å². The van der Waals surface area contributed by atoms with Gasteiger partial charge < -0.3 is 0 Å². The lowest BCUT2D eigenvalue weighted by atomic mass is 10.4. The Morgan fingerprint density at radius 1 is 1.13 bits per heavy atom. The molecule has 0 aliphatic carbocycles. The maximum atomic E-state index is 11.7. The number of rotatable bonds is 3. The molecule has 0 bridgehead atoms. The van der Waals surface area contributed by atoms with Gasteiger partial charge in [0.05, 0.1) is 11.1 Å². The largest absolute Gasteiger partial charge is 0.276 e. The molecule has 0 aliphatic rings. The van der Waals surface area contributed by atoms with E-state index in [9.17, 15) is 8.42 Å². The summed E-state index contributed by atoms with van der Waals surface area (Å²) in [6.07, 6.45) is 3.01. The highest BCUT2D eigenvalue weighted by Gasteiger charge is 2.12. The first-order valence-electron chi connectivity index (χ1n) is 4.26. The first kappa shape index (κ1) is 9.72. The van der Waals surface area contributed by atoms with Crippen LogP contribution in [0.25, 0.3) is 0 Å². The van der Waals surface area contributed by atoms with Crippen molar-refractivity contribution >= 4 is 10.0 Å². The topological polar surface area (TPSA) is 64.0 Å². The third kappa shape index (κ3) is 2.16. The molecule has 2 aromatic rings. The van der Waals surface area contributed by atoms with Crippen molar-refractivity contribution in [2.45, 2.75) is 4.90 Å². The lowest BCUT2D eigenvalue weighted by molar-refractivity contribution is 0.592. The SMILES string of the molecule is O=S(=O)(Nn1cccn1)c1ccccc1. The van der Waals surface area contributed by atoms with Crippen molar-refractivity contribution in [3.63, 3.8) is 0 Å². The van der Waals surface area contributed by atoms with Gasteiger partial charge in [-0.05, 0) is 18.2 Å². The van der Waals surface area contributed by atoms with Crippen LogP contribution in [0.4, 0.5) is 0 Å². The van der Waals surface area contributed by atoms with Crippen molar-refractivity contribution in [1.82, 2.24) is 9.89 Å². The fourth-order valence-electron chi connectivity index (χ4n) is 1.10. The van der Waals surface area contributed by atoms with Crippen LogP contribution in [0.5, 0.6) is 0 Å². The smallest absolute Gasteiger partial charge is 0.200 e. The quantitative estimate of drug-likeness (QED) is 0.837. The first-order valence-corrected chi connectivity index (χ1v) is 5.74. The van der Waals surface area contributed by atoms with E-state index >= 15 is 0 Å². The van der Waals surface area contributed by atoms with Gasteiger partial charge in [0.1, 0.15) is 0 Å². The number of sulfonamides is 1. The second kappa shape index (κ2) is 3.74. The summed E-state index contributed by atoms with van der Waals surface area (Å²) in [7, 11) is -3.53. The van der Waals surface area contributed by atoms with E-state index in [1.807, 2.05) is 0 Å². The Bertz CT molecular complexity index is 520. The van der Waals surface area contributed by atoms with Crippen LogP contribution >= 0.6 is 0 Å². The van der Waals surface area contributed by atoms with E-state index in [1.165, 1.54) is 24.5 Å². The maximum Gasteiger partial charge on any atom is 0.276 e. The van der Waals surface area contributed by atoms with Gasteiger partial charge in [-0.2, -0.15) is 18.3 Å². The predicted molar refractivity (Wildman–Crippen MR) is 55.2 cm³/mol. The van der Waals surface area contributed by atoms with Gasteiger partial charge in [0, 0.05) is 6.20 Å². The van der Waals surface area contributed by atoms with Crippen LogP contribution in [0.1, 0.15) is 0 Å². The number of hydrogen-bond donors (Lipinski definition) is 1. The number of nitrogens with one attached hydrogen (secondary N) is 1. The lowest BCUT2D eigenvalue weighted by Crippen LogP contribution is -2.23. The number of hydrogen-bond acceptors (Lipinski definition) is 3. The Kier molecular flexibility index (Phi) is 2.42. The zero-order valence-electron chi connectivity index (χ0n) is 7.74. The molecule has 0 aliphatic heterocycles. The molecule has 0 saturated carbocycles. The van der Waals surface area contributed by atoms with E-state index in [2.05, 4.69) is 9.93 Å². The Morgan fingerprint density at radius 2 is 1.87 bits per heavy atom. The molecule has 1 heterocycles. The highest BCUT2D eigenvalue weighted by molar-refractivity contribution is 7.92. The van der Waals surface area contributed by atoms with Crippen molar-refractivity contribution < 1.29 is 8.42 Å². The molecular formula is C9H9N3O2S. The van der Waals surface area contributed by atoms with E-state index < -0.39 is 10.0 Å². The minimum atomic E-state index is -3.53. The van der Waals surface area contributed by atoms with Gasteiger partial charge in [0.15, 0.2) is 0 Å².